The smallest absolute Gasteiger partial charge is 0.223 e. The number of benzene rings is 5. The molecule has 1 saturated heterocycles. The zero-order valence-corrected chi connectivity index (χ0v) is 30.0. The highest BCUT2D eigenvalue weighted by Crippen LogP contribution is 2.43. The molecule has 0 radical (unpaired) electrons. The van der Waals surface area contributed by atoms with Crippen LogP contribution in [-0.4, -0.2) is 50.3 Å². The lowest BCUT2D eigenvalue weighted by molar-refractivity contribution is -0.378. The van der Waals surface area contributed by atoms with Gasteiger partial charge in [0.25, 0.3) is 0 Å². The van der Waals surface area contributed by atoms with Crippen LogP contribution >= 0.6 is 0 Å². The van der Waals surface area contributed by atoms with Crippen LogP contribution in [0.5, 0.6) is 0 Å². The minimum absolute atomic E-state index is 0.116. The molecule has 0 unspecified atom stereocenters. The molecule has 52 heavy (non-hydrogen) atoms. The van der Waals surface area contributed by atoms with Crippen molar-refractivity contribution in [2.45, 2.75) is 69.8 Å². The number of methoxy groups -OCH3 is 2. The Bertz CT molecular complexity index is 1770. The van der Waals surface area contributed by atoms with E-state index in [9.17, 15) is 5.11 Å². The number of hydrogen-bond acceptors (Lipinski definition) is 8. The Kier molecular flexibility index (Phi) is 13.4. The van der Waals surface area contributed by atoms with Crippen LogP contribution in [0.4, 0.5) is 0 Å². The van der Waals surface area contributed by atoms with E-state index in [1.54, 1.807) is 14.2 Å². The Balaban J connectivity index is 1.43. The van der Waals surface area contributed by atoms with Crippen molar-refractivity contribution in [3.63, 3.8) is 0 Å². The van der Waals surface area contributed by atoms with E-state index in [2.05, 4.69) is 0 Å². The number of rotatable bonds is 17. The van der Waals surface area contributed by atoms with Gasteiger partial charge in [-0.15, -0.1) is 0 Å². The standard InChI is InChI=1S/C44H48O8/c1-32-24-25-37(43(46-2)47-3)26-38(32)44(45)42(51-30-36-22-14-7-15-23-36)41(50-29-35-20-12-6-13-21-35)40(49-28-34-18-10-5-11-19-34)39(52-44)31-48-27-33-16-8-4-9-17-33/h4-26,39-43,45H,27-31H2,1-3H3/t39-,40-,41+,42-,44+/m1/s1. The van der Waals surface area contributed by atoms with Gasteiger partial charge in [0.05, 0.1) is 33.0 Å². The summed E-state index contributed by atoms with van der Waals surface area (Å²) in [7, 11) is 3.15. The highest BCUT2D eigenvalue weighted by Gasteiger charge is 2.57. The van der Waals surface area contributed by atoms with Crippen molar-refractivity contribution in [2.24, 2.45) is 0 Å². The molecule has 1 heterocycles. The lowest BCUT2D eigenvalue weighted by Crippen LogP contribution is -2.65. The lowest BCUT2D eigenvalue weighted by Gasteiger charge is -2.51. The van der Waals surface area contributed by atoms with E-state index in [4.69, 9.17) is 33.2 Å². The summed E-state index contributed by atoms with van der Waals surface area (Å²) in [6.07, 6.45) is -3.97. The summed E-state index contributed by atoms with van der Waals surface area (Å²) in [5.74, 6) is -2.00. The van der Waals surface area contributed by atoms with E-state index in [0.29, 0.717) is 17.7 Å². The molecule has 8 heteroatoms. The summed E-state index contributed by atoms with van der Waals surface area (Å²) in [5, 5.41) is 13.2. The average Bonchev–Trinajstić information content (AvgIpc) is 3.19. The minimum Gasteiger partial charge on any atom is -0.374 e. The lowest BCUT2D eigenvalue weighted by atomic mass is 9.85. The van der Waals surface area contributed by atoms with Gasteiger partial charge in [-0.3, -0.25) is 0 Å². The van der Waals surface area contributed by atoms with Gasteiger partial charge in [-0.05, 0) is 40.8 Å². The van der Waals surface area contributed by atoms with Crippen LogP contribution < -0.4 is 0 Å². The zero-order chi connectivity index (χ0) is 36.2. The van der Waals surface area contributed by atoms with Gasteiger partial charge in [0.1, 0.15) is 24.4 Å². The van der Waals surface area contributed by atoms with Crippen LogP contribution in [0.3, 0.4) is 0 Å². The molecule has 5 aromatic rings. The van der Waals surface area contributed by atoms with Crippen LogP contribution in [0.1, 0.15) is 45.2 Å². The summed E-state index contributed by atoms with van der Waals surface area (Å²) >= 11 is 0. The molecule has 5 aromatic carbocycles. The summed E-state index contributed by atoms with van der Waals surface area (Å²) in [6.45, 7) is 3.14. The number of aliphatic hydroxyl groups is 1. The van der Waals surface area contributed by atoms with E-state index in [0.717, 1.165) is 27.8 Å². The molecular formula is C44H48O8. The van der Waals surface area contributed by atoms with Gasteiger partial charge >= 0.3 is 0 Å². The fourth-order valence-corrected chi connectivity index (χ4v) is 6.61. The van der Waals surface area contributed by atoms with Gasteiger partial charge in [0.15, 0.2) is 6.29 Å². The molecule has 0 aromatic heterocycles. The van der Waals surface area contributed by atoms with Gasteiger partial charge in [0.2, 0.25) is 5.79 Å². The molecule has 0 spiro atoms. The number of ether oxygens (including phenoxy) is 7. The van der Waals surface area contributed by atoms with E-state index < -0.39 is 36.5 Å². The third-order valence-corrected chi connectivity index (χ3v) is 9.29. The Labute approximate surface area is 306 Å². The Morgan fingerprint density at radius 2 is 1.06 bits per heavy atom. The fourth-order valence-electron chi connectivity index (χ4n) is 6.61. The van der Waals surface area contributed by atoms with Crippen LogP contribution in [0.25, 0.3) is 0 Å². The van der Waals surface area contributed by atoms with Gasteiger partial charge in [-0.25, -0.2) is 0 Å². The molecule has 0 amide bonds. The average molecular weight is 705 g/mol. The third kappa shape index (κ3) is 9.41. The highest BCUT2D eigenvalue weighted by atomic mass is 16.7. The molecule has 1 aliphatic heterocycles. The van der Waals surface area contributed by atoms with E-state index in [-0.39, 0.29) is 26.4 Å². The molecular weight excluding hydrogens is 656 g/mol. The molecule has 0 aliphatic carbocycles. The van der Waals surface area contributed by atoms with Crippen molar-refractivity contribution in [1.29, 1.82) is 0 Å². The molecule has 5 atom stereocenters. The third-order valence-electron chi connectivity index (χ3n) is 9.29. The molecule has 6 rings (SSSR count). The predicted octanol–water partition coefficient (Wildman–Crippen LogP) is 7.80. The van der Waals surface area contributed by atoms with Gasteiger partial charge in [-0.2, -0.15) is 0 Å². The van der Waals surface area contributed by atoms with Crippen LogP contribution in [0.2, 0.25) is 0 Å². The largest absolute Gasteiger partial charge is 0.374 e. The summed E-state index contributed by atoms with van der Waals surface area (Å²) < 4.78 is 44.8. The first kappa shape index (κ1) is 37.5. The highest BCUT2D eigenvalue weighted by molar-refractivity contribution is 5.37. The second-order valence-corrected chi connectivity index (χ2v) is 13.0. The van der Waals surface area contributed by atoms with Gasteiger partial charge in [-0.1, -0.05) is 133 Å². The van der Waals surface area contributed by atoms with Crippen molar-refractivity contribution in [2.75, 3.05) is 20.8 Å². The van der Waals surface area contributed by atoms with Crippen molar-refractivity contribution in [1.82, 2.24) is 0 Å². The molecule has 0 bridgehead atoms. The second kappa shape index (κ2) is 18.5. The predicted molar refractivity (Wildman–Crippen MR) is 198 cm³/mol. The van der Waals surface area contributed by atoms with Crippen molar-refractivity contribution in [3.8, 4) is 0 Å². The summed E-state index contributed by atoms with van der Waals surface area (Å²) in [4.78, 5) is 0. The Morgan fingerprint density at radius 3 is 1.56 bits per heavy atom. The van der Waals surface area contributed by atoms with E-state index >= 15 is 0 Å². The fraction of sp³-hybridized carbons (Fsp3) is 0.318. The maximum atomic E-state index is 13.2. The maximum absolute atomic E-state index is 13.2. The Morgan fingerprint density at radius 1 is 0.596 bits per heavy atom. The normalized spacial score (nSPS) is 21.7. The molecule has 1 aliphatic rings. The van der Waals surface area contributed by atoms with E-state index in [1.807, 2.05) is 146 Å². The molecule has 1 fully saturated rings. The van der Waals surface area contributed by atoms with Crippen LogP contribution in [-0.2, 0) is 65.4 Å². The molecule has 272 valence electrons. The maximum Gasteiger partial charge on any atom is 0.223 e. The topological polar surface area (TPSA) is 84.8 Å². The number of aryl methyl sites for hydroxylation is 1. The first-order chi connectivity index (χ1) is 25.5. The Hall–Kier alpha value is -4.22. The minimum atomic E-state index is -2.00. The van der Waals surface area contributed by atoms with Crippen LogP contribution in [0.15, 0.2) is 140 Å². The second-order valence-electron chi connectivity index (χ2n) is 13.0. The monoisotopic (exact) mass is 704 g/mol. The zero-order valence-electron chi connectivity index (χ0n) is 30.0. The summed E-state index contributed by atoms with van der Waals surface area (Å²) in [6, 6.07) is 45.4. The van der Waals surface area contributed by atoms with Crippen LogP contribution in [0, 0.1) is 6.92 Å². The van der Waals surface area contributed by atoms with Gasteiger partial charge < -0.3 is 38.3 Å². The molecule has 0 saturated carbocycles. The van der Waals surface area contributed by atoms with E-state index in [1.165, 1.54) is 0 Å². The number of hydrogen-bond donors (Lipinski definition) is 1. The summed E-state index contributed by atoms with van der Waals surface area (Å²) in [5.41, 5.74) is 5.93. The van der Waals surface area contributed by atoms with Crippen molar-refractivity contribution in [3.05, 3.63) is 178 Å². The molecule has 1 N–H and O–H groups in total. The van der Waals surface area contributed by atoms with Crippen molar-refractivity contribution >= 4 is 0 Å². The molecule has 8 nitrogen and oxygen atoms in total. The van der Waals surface area contributed by atoms with Gasteiger partial charge in [0, 0.05) is 25.3 Å². The first-order valence-electron chi connectivity index (χ1n) is 17.6. The SMILES string of the molecule is COC(OC)c1ccc(C)c([C@]2(O)O[C@H](COCc3ccccc3)[C@@H](OCc3ccccc3)[C@H](OCc3ccccc3)[C@H]2OCc2ccccc2)c1. The van der Waals surface area contributed by atoms with Crippen molar-refractivity contribution < 1.29 is 38.3 Å². The first-order valence-corrected chi connectivity index (χ1v) is 17.6. The quantitative estimate of drug-likeness (QED) is 0.0983.